The van der Waals surface area contributed by atoms with Crippen LogP contribution in [0.25, 0.3) is 0 Å². The number of nitrogens with zero attached hydrogens (tertiary/aromatic N) is 1. The Morgan fingerprint density at radius 1 is 0.966 bits per heavy atom. The number of anilines is 1. The van der Waals surface area contributed by atoms with Gasteiger partial charge >= 0.3 is 5.97 Å². The Bertz CT molecular complexity index is 1020. The van der Waals surface area contributed by atoms with E-state index >= 15 is 0 Å². The molecule has 1 amide bonds. The Morgan fingerprint density at radius 3 is 2.41 bits per heavy atom. The van der Waals surface area contributed by atoms with E-state index in [1.54, 1.807) is 17.0 Å². The number of para-hydroxylation sites is 2. The zero-order chi connectivity index (χ0) is 20.2. The standard InChI is InChI=1S/C23H18FNO4/c24-18-12-10-17(11-13-18)23(27)29-15-22(26)25-19-8-4-5-9-21(19)28-14-20(25)16-6-2-1-3-7-16/h1-13,20H,14-15H2. The molecule has 0 fully saturated rings. The molecular weight excluding hydrogens is 373 g/mol. The molecular formula is C23H18FNO4. The number of carbonyl (C=O) groups is 2. The van der Waals surface area contributed by atoms with Crippen LogP contribution >= 0.6 is 0 Å². The van der Waals surface area contributed by atoms with Crippen LogP contribution in [0.15, 0.2) is 78.9 Å². The first-order valence-electron chi connectivity index (χ1n) is 9.15. The van der Waals surface area contributed by atoms with E-state index in [0.29, 0.717) is 18.0 Å². The van der Waals surface area contributed by atoms with Gasteiger partial charge < -0.3 is 9.47 Å². The molecule has 29 heavy (non-hydrogen) atoms. The Labute approximate surface area is 167 Å². The molecule has 6 heteroatoms. The summed E-state index contributed by atoms with van der Waals surface area (Å²) in [5.41, 5.74) is 1.72. The highest BCUT2D eigenvalue weighted by Crippen LogP contribution is 2.39. The Balaban J connectivity index is 1.56. The first-order chi connectivity index (χ1) is 14.1. The van der Waals surface area contributed by atoms with Gasteiger partial charge in [0.05, 0.1) is 17.3 Å². The van der Waals surface area contributed by atoms with Gasteiger partial charge in [0.25, 0.3) is 5.91 Å². The van der Waals surface area contributed by atoms with Crippen LogP contribution in [0, 0.1) is 5.82 Å². The number of ether oxygens (including phenoxy) is 2. The molecule has 1 aliphatic heterocycles. The molecule has 0 aliphatic carbocycles. The van der Waals surface area contributed by atoms with Crippen LogP contribution in [0.4, 0.5) is 10.1 Å². The number of hydrogen-bond donors (Lipinski definition) is 0. The predicted octanol–water partition coefficient (Wildman–Crippen LogP) is 4.15. The highest BCUT2D eigenvalue weighted by molar-refractivity contribution is 5.99. The largest absolute Gasteiger partial charge is 0.489 e. The summed E-state index contributed by atoms with van der Waals surface area (Å²) in [4.78, 5) is 26.9. The lowest BCUT2D eigenvalue weighted by molar-refractivity contribution is -0.122. The molecule has 3 aromatic rings. The molecule has 0 aromatic heterocycles. The third kappa shape index (κ3) is 3.96. The Morgan fingerprint density at radius 2 is 1.66 bits per heavy atom. The van der Waals surface area contributed by atoms with Crippen LogP contribution in [0.2, 0.25) is 0 Å². The predicted molar refractivity (Wildman–Crippen MR) is 105 cm³/mol. The van der Waals surface area contributed by atoms with E-state index in [1.807, 2.05) is 42.5 Å². The quantitative estimate of drug-likeness (QED) is 0.627. The minimum Gasteiger partial charge on any atom is -0.489 e. The molecule has 5 nitrogen and oxygen atoms in total. The highest BCUT2D eigenvalue weighted by atomic mass is 19.1. The van der Waals surface area contributed by atoms with Gasteiger partial charge in [-0.05, 0) is 42.0 Å². The SMILES string of the molecule is O=C(OCC(=O)N1c2ccccc2OCC1c1ccccc1)c1ccc(F)cc1. The van der Waals surface area contributed by atoms with Crippen LogP contribution in [0.3, 0.4) is 0 Å². The molecule has 0 saturated heterocycles. The normalized spacial score (nSPS) is 15.2. The van der Waals surface area contributed by atoms with Gasteiger partial charge in [0.15, 0.2) is 6.61 Å². The fourth-order valence-electron chi connectivity index (χ4n) is 3.28. The van der Waals surface area contributed by atoms with Crippen molar-refractivity contribution in [3.63, 3.8) is 0 Å². The second-order valence-corrected chi connectivity index (χ2v) is 6.55. The fourth-order valence-corrected chi connectivity index (χ4v) is 3.28. The number of esters is 1. The summed E-state index contributed by atoms with van der Waals surface area (Å²) in [5.74, 6) is -0.910. The van der Waals surface area contributed by atoms with Crippen molar-refractivity contribution in [2.24, 2.45) is 0 Å². The first kappa shape index (κ1) is 18.7. The number of benzene rings is 3. The third-order valence-electron chi connectivity index (χ3n) is 4.69. The minimum atomic E-state index is -0.684. The fraction of sp³-hybridized carbons (Fsp3) is 0.130. The van der Waals surface area contributed by atoms with Gasteiger partial charge in [0, 0.05) is 0 Å². The molecule has 1 atom stereocenters. The molecule has 0 spiro atoms. The number of halogens is 1. The number of amides is 1. The number of rotatable bonds is 4. The summed E-state index contributed by atoms with van der Waals surface area (Å²) < 4.78 is 24.1. The van der Waals surface area contributed by atoms with Crippen LogP contribution in [0.1, 0.15) is 22.0 Å². The van der Waals surface area contributed by atoms with E-state index < -0.39 is 18.4 Å². The zero-order valence-electron chi connectivity index (χ0n) is 15.5. The molecule has 0 N–H and O–H groups in total. The van der Waals surface area contributed by atoms with Crippen LogP contribution < -0.4 is 9.64 Å². The lowest BCUT2D eigenvalue weighted by atomic mass is 10.0. The van der Waals surface area contributed by atoms with Crippen molar-refractivity contribution in [1.29, 1.82) is 0 Å². The molecule has 1 aliphatic rings. The van der Waals surface area contributed by atoms with E-state index in [1.165, 1.54) is 24.3 Å². The van der Waals surface area contributed by atoms with Gasteiger partial charge in [0.2, 0.25) is 0 Å². The summed E-state index contributed by atoms with van der Waals surface area (Å²) in [5, 5.41) is 0. The van der Waals surface area contributed by atoms with E-state index in [2.05, 4.69) is 0 Å². The van der Waals surface area contributed by atoms with Crippen LogP contribution in [-0.2, 0) is 9.53 Å². The van der Waals surface area contributed by atoms with E-state index in [-0.39, 0.29) is 17.5 Å². The molecule has 1 unspecified atom stereocenters. The molecule has 0 radical (unpaired) electrons. The van der Waals surface area contributed by atoms with E-state index in [9.17, 15) is 14.0 Å². The van der Waals surface area contributed by atoms with Gasteiger partial charge in [-0.25, -0.2) is 9.18 Å². The second-order valence-electron chi connectivity index (χ2n) is 6.55. The highest BCUT2D eigenvalue weighted by Gasteiger charge is 2.33. The summed E-state index contributed by atoms with van der Waals surface area (Å²) in [6, 6.07) is 21.4. The van der Waals surface area contributed by atoms with Gasteiger partial charge in [-0.1, -0.05) is 42.5 Å². The smallest absolute Gasteiger partial charge is 0.338 e. The number of hydrogen-bond acceptors (Lipinski definition) is 4. The Kier molecular flexibility index (Phi) is 5.24. The van der Waals surface area contributed by atoms with Gasteiger partial charge in [0.1, 0.15) is 18.2 Å². The third-order valence-corrected chi connectivity index (χ3v) is 4.69. The molecule has 146 valence electrons. The number of carbonyl (C=O) groups excluding carboxylic acids is 2. The lowest BCUT2D eigenvalue weighted by Crippen LogP contribution is -2.43. The molecule has 4 rings (SSSR count). The summed E-state index contributed by atoms with van der Waals surface area (Å²) in [6.07, 6.45) is 0. The molecule has 1 heterocycles. The first-order valence-corrected chi connectivity index (χ1v) is 9.15. The Hall–Kier alpha value is -3.67. The van der Waals surface area contributed by atoms with Gasteiger partial charge in [-0.3, -0.25) is 9.69 Å². The van der Waals surface area contributed by atoms with Crippen molar-refractivity contribution in [2.45, 2.75) is 6.04 Å². The number of fused-ring (bicyclic) bond motifs is 1. The van der Waals surface area contributed by atoms with Gasteiger partial charge in [-0.2, -0.15) is 0 Å². The average molecular weight is 391 g/mol. The summed E-state index contributed by atoms with van der Waals surface area (Å²) in [6.45, 7) is -0.146. The van der Waals surface area contributed by atoms with Crippen LogP contribution in [-0.4, -0.2) is 25.1 Å². The summed E-state index contributed by atoms with van der Waals surface area (Å²) in [7, 11) is 0. The lowest BCUT2D eigenvalue weighted by Gasteiger charge is -2.37. The second kappa shape index (κ2) is 8.14. The van der Waals surface area contributed by atoms with Crippen LogP contribution in [0.5, 0.6) is 5.75 Å². The van der Waals surface area contributed by atoms with Gasteiger partial charge in [-0.15, -0.1) is 0 Å². The average Bonchev–Trinajstić information content (AvgIpc) is 2.77. The van der Waals surface area contributed by atoms with Crippen molar-refractivity contribution < 1.29 is 23.5 Å². The maximum Gasteiger partial charge on any atom is 0.338 e. The summed E-state index contributed by atoms with van der Waals surface area (Å²) >= 11 is 0. The van der Waals surface area contributed by atoms with Crippen molar-refractivity contribution >= 4 is 17.6 Å². The maximum absolute atomic E-state index is 13.1. The van der Waals surface area contributed by atoms with E-state index in [4.69, 9.17) is 9.47 Å². The molecule has 3 aromatic carbocycles. The topological polar surface area (TPSA) is 55.8 Å². The van der Waals surface area contributed by atoms with Crippen molar-refractivity contribution in [1.82, 2.24) is 0 Å². The minimum absolute atomic E-state index is 0.182. The maximum atomic E-state index is 13.1. The molecule has 0 saturated carbocycles. The van der Waals surface area contributed by atoms with Crippen molar-refractivity contribution in [3.8, 4) is 5.75 Å². The zero-order valence-corrected chi connectivity index (χ0v) is 15.5. The van der Waals surface area contributed by atoms with Crippen molar-refractivity contribution in [2.75, 3.05) is 18.1 Å². The van der Waals surface area contributed by atoms with E-state index in [0.717, 1.165) is 5.56 Å². The van der Waals surface area contributed by atoms with Crippen molar-refractivity contribution in [3.05, 3.63) is 95.8 Å². The molecule has 0 bridgehead atoms. The monoisotopic (exact) mass is 391 g/mol.